The number of nitrogens with zero attached hydrogens (tertiary/aromatic N) is 2. The van der Waals surface area contributed by atoms with Gasteiger partial charge in [-0.15, -0.1) is 0 Å². The fraction of sp³-hybridized carbons (Fsp3) is 0.211. The van der Waals surface area contributed by atoms with Crippen LogP contribution in [0.25, 0.3) is 11.4 Å². The normalized spacial score (nSPS) is 16.2. The van der Waals surface area contributed by atoms with E-state index in [1.165, 1.54) is 5.56 Å². The van der Waals surface area contributed by atoms with Crippen LogP contribution in [-0.2, 0) is 22.5 Å². The summed E-state index contributed by atoms with van der Waals surface area (Å²) >= 11 is 0. The van der Waals surface area contributed by atoms with Crippen molar-refractivity contribution < 1.29 is 9.53 Å². The Morgan fingerprint density at radius 2 is 1.96 bits per heavy atom. The lowest BCUT2D eigenvalue weighted by atomic mass is 9.97. The Hall–Kier alpha value is -2.99. The van der Waals surface area contributed by atoms with Crippen molar-refractivity contribution in [2.75, 3.05) is 6.61 Å². The Labute approximate surface area is 145 Å². The van der Waals surface area contributed by atoms with Crippen LogP contribution in [-0.4, -0.2) is 27.7 Å². The maximum absolute atomic E-state index is 12.5. The predicted octanol–water partition coefficient (Wildman–Crippen LogP) is 2.40. The molecule has 126 valence electrons. The van der Waals surface area contributed by atoms with E-state index in [4.69, 9.17) is 4.74 Å². The minimum atomic E-state index is -0.568. The van der Waals surface area contributed by atoms with E-state index in [1.807, 2.05) is 54.6 Å². The highest BCUT2D eigenvalue weighted by Crippen LogP contribution is 2.27. The van der Waals surface area contributed by atoms with E-state index in [-0.39, 0.29) is 12.5 Å². The smallest absolute Gasteiger partial charge is 0.254 e. The number of hydrogen-bond acceptors (Lipinski definition) is 4. The minimum absolute atomic E-state index is 0.162. The number of carbonyl (C=O) groups excluding carboxylic acids is 1. The summed E-state index contributed by atoms with van der Waals surface area (Å²) in [4.78, 5) is 16.9. The number of aromatic amines is 1. The molecule has 6 nitrogen and oxygen atoms in total. The van der Waals surface area contributed by atoms with Gasteiger partial charge in [0.05, 0.1) is 13.2 Å². The van der Waals surface area contributed by atoms with Crippen LogP contribution in [0.5, 0.6) is 0 Å². The number of ether oxygens (including phenoxy) is 1. The van der Waals surface area contributed by atoms with Gasteiger partial charge in [0, 0.05) is 5.56 Å². The lowest BCUT2D eigenvalue weighted by molar-refractivity contribution is -0.134. The third-order valence-electron chi connectivity index (χ3n) is 4.23. The van der Waals surface area contributed by atoms with Gasteiger partial charge in [-0.3, -0.25) is 9.89 Å². The SMILES string of the molecule is O=C(NCc1nc(-c2ccccc2)n[nH]1)C1OCCc2ccccc21. The molecule has 1 aliphatic heterocycles. The second-order valence-corrected chi connectivity index (χ2v) is 5.89. The van der Waals surface area contributed by atoms with E-state index in [0.717, 1.165) is 17.5 Å². The molecule has 2 heterocycles. The predicted molar refractivity (Wildman–Crippen MR) is 92.5 cm³/mol. The molecule has 4 rings (SSSR count). The van der Waals surface area contributed by atoms with Gasteiger partial charge in [0.2, 0.25) is 0 Å². The zero-order chi connectivity index (χ0) is 17.1. The molecule has 1 unspecified atom stereocenters. The standard InChI is InChI=1S/C19H18N4O2/c24-19(17-15-9-5-4-6-13(15)10-11-25-17)20-12-16-21-18(23-22-16)14-7-2-1-3-8-14/h1-9,17H,10-12H2,(H,20,24)(H,21,22,23). The number of aromatic nitrogens is 3. The minimum Gasteiger partial charge on any atom is -0.363 e. The van der Waals surface area contributed by atoms with Crippen molar-refractivity contribution in [2.45, 2.75) is 19.1 Å². The van der Waals surface area contributed by atoms with Gasteiger partial charge in [0.25, 0.3) is 5.91 Å². The molecular weight excluding hydrogens is 316 g/mol. The third-order valence-corrected chi connectivity index (χ3v) is 4.23. The number of hydrogen-bond donors (Lipinski definition) is 2. The molecular formula is C19H18N4O2. The Kier molecular flexibility index (Phi) is 4.26. The molecule has 1 aliphatic rings. The van der Waals surface area contributed by atoms with Gasteiger partial charge in [-0.1, -0.05) is 54.6 Å². The van der Waals surface area contributed by atoms with Gasteiger partial charge in [-0.25, -0.2) is 4.98 Å². The second kappa shape index (κ2) is 6.86. The van der Waals surface area contributed by atoms with Gasteiger partial charge in [-0.05, 0) is 17.5 Å². The molecule has 6 heteroatoms. The number of amides is 1. The average molecular weight is 334 g/mol. The highest BCUT2D eigenvalue weighted by atomic mass is 16.5. The Bertz CT molecular complexity index is 876. The molecule has 0 aliphatic carbocycles. The van der Waals surface area contributed by atoms with Gasteiger partial charge >= 0.3 is 0 Å². The van der Waals surface area contributed by atoms with E-state index in [9.17, 15) is 4.79 Å². The topological polar surface area (TPSA) is 79.9 Å². The van der Waals surface area contributed by atoms with Crippen LogP contribution in [0.15, 0.2) is 54.6 Å². The van der Waals surface area contributed by atoms with E-state index < -0.39 is 6.10 Å². The van der Waals surface area contributed by atoms with Crippen molar-refractivity contribution in [2.24, 2.45) is 0 Å². The van der Waals surface area contributed by atoms with Crippen molar-refractivity contribution in [3.8, 4) is 11.4 Å². The average Bonchev–Trinajstić information content (AvgIpc) is 3.15. The first kappa shape index (κ1) is 15.5. The summed E-state index contributed by atoms with van der Waals surface area (Å²) in [5, 5.41) is 9.94. The lowest BCUT2D eigenvalue weighted by Gasteiger charge is -2.24. The molecule has 1 aromatic heterocycles. The summed E-state index contributed by atoms with van der Waals surface area (Å²) in [7, 11) is 0. The number of benzene rings is 2. The summed E-state index contributed by atoms with van der Waals surface area (Å²) in [5.74, 6) is 1.06. The quantitative estimate of drug-likeness (QED) is 0.768. The summed E-state index contributed by atoms with van der Waals surface area (Å²) in [5.41, 5.74) is 3.04. The molecule has 0 bridgehead atoms. The fourth-order valence-electron chi connectivity index (χ4n) is 2.97. The van der Waals surface area contributed by atoms with Crippen LogP contribution in [0.1, 0.15) is 23.1 Å². The third kappa shape index (κ3) is 3.29. The Morgan fingerprint density at radius 3 is 2.84 bits per heavy atom. The summed E-state index contributed by atoms with van der Waals surface area (Å²) < 4.78 is 5.67. The summed E-state index contributed by atoms with van der Waals surface area (Å²) in [6.45, 7) is 0.830. The van der Waals surface area contributed by atoms with Gasteiger partial charge in [0.15, 0.2) is 11.9 Å². The van der Waals surface area contributed by atoms with E-state index in [0.29, 0.717) is 18.3 Å². The van der Waals surface area contributed by atoms with Crippen molar-refractivity contribution in [3.63, 3.8) is 0 Å². The monoisotopic (exact) mass is 334 g/mol. The molecule has 1 amide bonds. The molecule has 1 atom stereocenters. The maximum atomic E-state index is 12.5. The highest BCUT2D eigenvalue weighted by molar-refractivity contribution is 5.82. The number of nitrogens with one attached hydrogen (secondary N) is 2. The highest BCUT2D eigenvalue weighted by Gasteiger charge is 2.27. The van der Waals surface area contributed by atoms with Gasteiger partial charge in [-0.2, -0.15) is 5.10 Å². The first-order chi connectivity index (χ1) is 12.3. The molecule has 0 spiro atoms. The first-order valence-corrected chi connectivity index (χ1v) is 8.25. The van der Waals surface area contributed by atoms with Crippen molar-refractivity contribution in [1.29, 1.82) is 0 Å². The zero-order valence-corrected chi connectivity index (χ0v) is 13.6. The van der Waals surface area contributed by atoms with Gasteiger partial charge in [0.1, 0.15) is 5.82 Å². The number of rotatable bonds is 4. The molecule has 0 saturated carbocycles. The van der Waals surface area contributed by atoms with Gasteiger partial charge < -0.3 is 10.1 Å². The van der Waals surface area contributed by atoms with Crippen molar-refractivity contribution >= 4 is 5.91 Å². The van der Waals surface area contributed by atoms with Crippen LogP contribution in [0.2, 0.25) is 0 Å². The Balaban J connectivity index is 1.42. The van der Waals surface area contributed by atoms with Crippen LogP contribution in [0, 0.1) is 0 Å². The van der Waals surface area contributed by atoms with Crippen LogP contribution < -0.4 is 5.32 Å². The molecule has 0 fully saturated rings. The van der Waals surface area contributed by atoms with Crippen molar-refractivity contribution in [3.05, 3.63) is 71.5 Å². The number of fused-ring (bicyclic) bond motifs is 1. The molecule has 25 heavy (non-hydrogen) atoms. The van der Waals surface area contributed by atoms with E-state index >= 15 is 0 Å². The first-order valence-electron chi connectivity index (χ1n) is 8.25. The van der Waals surface area contributed by atoms with E-state index in [1.54, 1.807) is 0 Å². The van der Waals surface area contributed by atoms with Crippen molar-refractivity contribution in [1.82, 2.24) is 20.5 Å². The molecule has 2 N–H and O–H groups in total. The molecule has 2 aromatic carbocycles. The lowest BCUT2D eigenvalue weighted by Crippen LogP contribution is -2.33. The zero-order valence-electron chi connectivity index (χ0n) is 13.6. The fourth-order valence-corrected chi connectivity index (χ4v) is 2.97. The summed E-state index contributed by atoms with van der Waals surface area (Å²) in [6, 6.07) is 17.6. The number of H-pyrrole nitrogens is 1. The maximum Gasteiger partial charge on any atom is 0.254 e. The largest absolute Gasteiger partial charge is 0.363 e. The van der Waals surface area contributed by atoms with Crippen LogP contribution >= 0.6 is 0 Å². The Morgan fingerprint density at radius 1 is 1.16 bits per heavy atom. The van der Waals surface area contributed by atoms with Crippen LogP contribution in [0.4, 0.5) is 0 Å². The molecule has 3 aromatic rings. The summed E-state index contributed by atoms with van der Waals surface area (Å²) in [6.07, 6.45) is 0.268. The second-order valence-electron chi connectivity index (χ2n) is 5.89. The molecule has 0 saturated heterocycles. The molecule has 0 radical (unpaired) electrons. The number of carbonyl (C=O) groups is 1. The van der Waals surface area contributed by atoms with Crippen LogP contribution in [0.3, 0.4) is 0 Å². The van der Waals surface area contributed by atoms with E-state index in [2.05, 4.69) is 20.5 Å².